The van der Waals surface area contributed by atoms with E-state index in [-0.39, 0.29) is 11.6 Å². The highest BCUT2D eigenvalue weighted by atomic mass is 19.1. The molecule has 0 atom stereocenters. The molecule has 20 heavy (non-hydrogen) atoms. The Kier molecular flexibility index (Phi) is 4.45. The third-order valence-corrected chi connectivity index (χ3v) is 3.11. The molecule has 0 fully saturated rings. The Labute approximate surface area is 118 Å². The summed E-state index contributed by atoms with van der Waals surface area (Å²) in [6, 6.07) is 10.7. The van der Waals surface area contributed by atoms with Crippen molar-refractivity contribution in [1.29, 1.82) is 0 Å². The van der Waals surface area contributed by atoms with Crippen molar-refractivity contribution in [3.8, 4) is 11.5 Å². The highest BCUT2D eigenvalue weighted by Gasteiger charge is 2.04. The molecule has 2 aromatic rings. The summed E-state index contributed by atoms with van der Waals surface area (Å²) in [7, 11) is 3.11. The molecule has 0 aliphatic rings. The Balaban J connectivity index is 2.07. The van der Waals surface area contributed by atoms with Crippen LogP contribution in [0.15, 0.2) is 36.4 Å². The average Bonchev–Trinajstić information content (AvgIpc) is 2.46. The van der Waals surface area contributed by atoms with E-state index in [2.05, 4.69) is 11.4 Å². The van der Waals surface area contributed by atoms with E-state index >= 15 is 0 Å². The molecule has 0 aliphatic heterocycles. The minimum absolute atomic E-state index is 0.237. The molecular formula is C16H18FNO2. The Morgan fingerprint density at radius 1 is 1.00 bits per heavy atom. The average molecular weight is 275 g/mol. The van der Waals surface area contributed by atoms with Crippen LogP contribution >= 0.6 is 0 Å². The zero-order chi connectivity index (χ0) is 14.5. The van der Waals surface area contributed by atoms with Crippen molar-refractivity contribution in [3.63, 3.8) is 0 Å². The van der Waals surface area contributed by atoms with Gasteiger partial charge < -0.3 is 14.8 Å². The van der Waals surface area contributed by atoms with Crippen molar-refractivity contribution in [2.24, 2.45) is 0 Å². The second-order valence-electron chi connectivity index (χ2n) is 4.51. The summed E-state index contributed by atoms with van der Waals surface area (Å²) in [5, 5.41) is 3.24. The molecule has 0 unspecified atom stereocenters. The number of methoxy groups -OCH3 is 2. The molecule has 2 aromatic carbocycles. The van der Waals surface area contributed by atoms with Crippen LogP contribution in [0.2, 0.25) is 0 Å². The molecule has 0 radical (unpaired) electrons. The monoisotopic (exact) mass is 275 g/mol. The van der Waals surface area contributed by atoms with E-state index in [1.54, 1.807) is 19.2 Å². The van der Waals surface area contributed by atoms with Gasteiger partial charge in [0.15, 0.2) is 11.6 Å². The molecule has 0 amide bonds. The molecule has 0 saturated heterocycles. The van der Waals surface area contributed by atoms with Crippen LogP contribution in [0.5, 0.6) is 11.5 Å². The second-order valence-corrected chi connectivity index (χ2v) is 4.51. The standard InChI is InChI=1S/C16H18FNO2/c1-11-8-12(4-7-15(11)19-2)10-18-13-5-6-14(17)16(9-13)20-3/h4-9,18H,10H2,1-3H3. The first-order chi connectivity index (χ1) is 9.63. The maximum absolute atomic E-state index is 13.3. The third kappa shape index (κ3) is 3.20. The Bertz CT molecular complexity index is 599. The number of benzene rings is 2. The first kappa shape index (κ1) is 14.2. The van der Waals surface area contributed by atoms with Gasteiger partial charge in [-0.3, -0.25) is 0 Å². The van der Waals surface area contributed by atoms with E-state index in [4.69, 9.17) is 9.47 Å². The van der Waals surface area contributed by atoms with E-state index in [0.717, 1.165) is 22.6 Å². The zero-order valence-electron chi connectivity index (χ0n) is 11.9. The van der Waals surface area contributed by atoms with Crippen LogP contribution in [0.4, 0.5) is 10.1 Å². The third-order valence-electron chi connectivity index (χ3n) is 3.11. The molecule has 1 N–H and O–H groups in total. The van der Waals surface area contributed by atoms with Gasteiger partial charge in [-0.1, -0.05) is 12.1 Å². The van der Waals surface area contributed by atoms with Gasteiger partial charge in [-0.25, -0.2) is 4.39 Å². The molecule has 2 rings (SSSR count). The number of nitrogens with one attached hydrogen (secondary N) is 1. The fraction of sp³-hybridized carbons (Fsp3) is 0.250. The van der Waals surface area contributed by atoms with Crippen LogP contribution in [-0.4, -0.2) is 14.2 Å². The highest BCUT2D eigenvalue weighted by molar-refractivity contribution is 5.49. The van der Waals surface area contributed by atoms with Crippen LogP contribution in [0.3, 0.4) is 0 Å². The van der Waals surface area contributed by atoms with Gasteiger partial charge in [0.2, 0.25) is 0 Å². The first-order valence-corrected chi connectivity index (χ1v) is 6.35. The zero-order valence-corrected chi connectivity index (χ0v) is 11.9. The first-order valence-electron chi connectivity index (χ1n) is 6.35. The molecule has 0 bridgehead atoms. The van der Waals surface area contributed by atoms with Crippen molar-refractivity contribution in [2.75, 3.05) is 19.5 Å². The predicted octanol–water partition coefficient (Wildman–Crippen LogP) is 3.76. The Morgan fingerprint density at radius 3 is 2.40 bits per heavy atom. The van der Waals surface area contributed by atoms with Crippen LogP contribution in [-0.2, 0) is 6.54 Å². The van der Waals surface area contributed by atoms with Gasteiger partial charge in [0.05, 0.1) is 14.2 Å². The largest absolute Gasteiger partial charge is 0.496 e. The fourth-order valence-electron chi connectivity index (χ4n) is 2.02. The maximum Gasteiger partial charge on any atom is 0.165 e. The van der Waals surface area contributed by atoms with Crippen molar-refractivity contribution in [1.82, 2.24) is 0 Å². The van der Waals surface area contributed by atoms with Crippen LogP contribution in [0.1, 0.15) is 11.1 Å². The van der Waals surface area contributed by atoms with Crippen molar-refractivity contribution < 1.29 is 13.9 Å². The number of aryl methyl sites for hydroxylation is 1. The van der Waals surface area contributed by atoms with E-state index in [0.29, 0.717) is 6.54 Å². The molecule has 0 saturated carbocycles. The minimum Gasteiger partial charge on any atom is -0.496 e. The lowest BCUT2D eigenvalue weighted by atomic mass is 10.1. The number of anilines is 1. The van der Waals surface area contributed by atoms with E-state index in [1.807, 2.05) is 19.1 Å². The molecule has 0 aromatic heterocycles. The normalized spacial score (nSPS) is 10.2. The van der Waals surface area contributed by atoms with Gasteiger partial charge in [0.25, 0.3) is 0 Å². The van der Waals surface area contributed by atoms with Crippen molar-refractivity contribution in [3.05, 3.63) is 53.3 Å². The summed E-state index contributed by atoms with van der Waals surface area (Å²) < 4.78 is 23.5. The number of ether oxygens (including phenoxy) is 2. The Hall–Kier alpha value is -2.23. The molecule has 3 nitrogen and oxygen atoms in total. The summed E-state index contributed by atoms with van der Waals surface area (Å²) in [4.78, 5) is 0. The smallest absolute Gasteiger partial charge is 0.165 e. The topological polar surface area (TPSA) is 30.5 Å². The lowest BCUT2D eigenvalue weighted by molar-refractivity contribution is 0.387. The quantitative estimate of drug-likeness (QED) is 0.901. The summed E-state index contributed by atoms with van der Waals surface area (Å²) in [5.74, 6) is 0.747. The highest BCUT2D eigenvalue weighted by Crippen LogP contribution is 2.23. The van der Waals surface area contributed by atoms with Crippen LogP contribution in [0.25, 0.3) is 0 Å². The maximum atomic E-state index is 13.3. The summed E-state index contributed by atoms with van der Waals surface area (Å²) in [5.41, 5.74) is 3.03. The SMILES string of the molecule is COc1ccc(CNc2ccc(F)c(OC)c2)cc1C. The molecule has 0 spiro atoms. The minimum atomic E-state index is -0.363. The molecule has 4 heteroatoms. The predicted molar refractivity (Wildman–Crippen MR) is 78.0 cm³/mol. The number of hydrogen-bond acceptors (Lipinski definition) is 3. The number of halogens is 1. The number of hydrogen-bond donors (Lipinski definition) is 1. The summed E-state index contributed by atoms with van der Waals surface area (Å²) >= 11 is 0. The van der Waals surface area contributed by atoms with Gasteiger partial charge in [-0.15, -0.1) is 0 Å². The van der Waals surface area contributed by atoms with E-state index in [9.17, 15) is 4.39 Å². The van der Waals surface area contributed by atoms with Gasteiger partial charge in [0, 0.05) is 18.3 Å². The molecule has 106 valence electrons. The van der Waals surface area contributed by atoms with Crippen molar-refractivity contribution in [2.45, 2.75) is 13.5 Å². The van der Waals surface area contributed by atoms with Crippen LogP contribution in [0, 0.1) is 12.7 Å². The van der Waals surface area contributed by atoms with Gasteiger partial charge >= 0.3 is 0 Å². The molecule has 0 aliphatic carbocycles. The lowest BCUT2D eigenvalue weighted by Crippen LogP contribution is -2.01. The molecular weight excluding hydrogens is 257 g/mol. The second kappa shape index (κ2) is 6.28. The summed E-state index contributed by atoms with van der Waals surface area (Å²) in [6.45, 7) is 2.66. The van der Waals surface area contributed by atoms with Gasteiger partial charge in [-0.05, 0) is 36.2 Å². The summed E-state index contributed by atoms with van der Waals surface area (Å²) in [6.07, 6.45) is 0. The van der Waals surface area contributed by atoms with Crippen molar-refractivity contribution >= 4 is 5.69 Å². The fourth-order valence-corrected chi connectivity index (χ4v) is 2.02. The Morgan fingerprint density at radius 2 is 1.75 bits per heavy atom. The van der Waals surface area contributed by atoms with Crippen LogP contribution < -0.4 is 14.8 Å². The van der Waals surface area contributed by atoms with Gasteiger partial charge in [0.1, 0.15) is 5.75 Å². The lowest BCUT2D eigenvalue weighted by Gasteiger charge is -2.11. The van der Waals surface area contributed by atoms with Gasteiger partial charge in [-0.2, -0.15) is 0 Å². The molecule has 0 heterocycles. The number of rotatable bonds is 5. The van der Waals surface area contributed by atoms with E-state index in [1.165, 1.54) is 13.2 Å². The van der Waals surface area contributed by atoms with E-state index < -0.39 is 0 Å².